The summed E-state index contributed by atoms with van der Waals surface area (Å²) in [7, 11) is 0. The third-order valence-corrected chi connectivity index (χ3v) is 4.50. The highest BCUT2D eigenvalue weighted by Gasteiger charge is 2.12. The predicted molar refractivity (Wildman–Crippen MR) is 115 cm³/mol. The second kappa shape index (κ2) is 9.56. The van der Waals surface area contributed by atoms with Crippen molar-refractivity contribution in [3.05, 3.63) is 71.8 Å². The molecule has 0 aliphatic carbocycles. The van der Waals surface area contributed by atoms with E-state index in [9.17, 15) is 19.5 Å². The lowest BCUT2D eigenvalue weighted by Crippen LogP contribution is -2.15. The van der Waals surface area contributed by atoms with Crippen LogP contribution in [0.3, 0.4) is 0 Å². The van der Waals surface area contributed by atoms with Crippen LogP contribution in [0.4, 0.5) is 16.2 Å². The fourth-order valence-corrected chi connectivity index (χ4v) is 3.06. The van der Waals surface area contributed by atoms with Gasteiger partial charge in [0.25, 0.3) is 0 Å². The van der Waals surface area contributed by atoms with Crippen molar-refractivity contribution in [3.63, 3.8) is 0 Å². The van der Waals surface area contributed by atoms with Gasteiger partial charge >= 0.3 is 12.1 Å². The Morgan fingerprint density at radius 1 is 0.933 bits per heavy atom. The Morgan fingerprint density at radius 3 is 2.43 bits per heavy atom. The molecule has 0 aliphatic heterocycles. The number of hydrogen-bond acceptors (Lipinski definition) is 4. The van der Waals surface area contributed by atoms with Crippen molar-refractivity contribution in [3.8, 4) is 0 Å². The molecular weight excluding hydrogens is 384 g/mol. The van der Waals surface area contributed by atoms with Crippen LogP contribution in [0.2, 0.25) is 0 Å². The first-order chi connectivity index (χ1) is 14.5. The summed E-state index contributed by atoms with van der Waals surface area (Å²) in [6, 6.07) is 17.7. The molecule has 30 heavy (non-hydrogen) atoms. The quantitative estimate of drug-likeness (QED) is 0.528. The van der Waals surface area contributed by atoms with Crippen molar-refractivity contribution in [1.82, 2.24) is 0 Å². The molecule has 0 atom stereocenters. The topological polar surface area (TPSA) is 105 Å². The summed E-state index contributed by atoms with van der Waals surface area (Å²) in [5, 5.41) is 16.5. The van der Waals surface area contributed by atoms with E-state index < -0.39 is 12.1 Å². The molecule has 7 heteroatoms. The molecule has 3 aromatic rings. The Bertz CT molecular complexity index is 1090. The van der Waals surface area contributed by atoms with E-state index in [2.05, 4.69) is 10.6 Å². The minimum absolute atomic E-state index is 0.0591. The van der Waals surface area contributed by atoms with Crippen LogP contribution in [0.25, 0.3) is 10.8 Å². The smallest absolute Gasteiger partial charge is 0.411 e. The van der Waals surface area contributed by atoms with E-state index in [-0.39, 0.29) is 23.6 Å². The predicted octanol–water partition coefficient (Wildman–Crippen LogP) is 4.68. The fraction of sp³-hybridized carbons (Fsp3) is 0.174. The van der Waals surface area contributed by atoms with E-state index in [1.54, 1.807) is 31.2 Å². The monoisotopic (exact) mass is 406 g/mol. The molecule has 154 valence electrons. The molecule has 0 aliphatic rings. The standard InChI is InChI=1S/C23H22N2O5/c1-2-30-23(29)24-18-11-10-16-13-15(7-9-17(16)14-18)8-12-21(26)25-20-6-4-3-5-19(20)22(27)28/h3-7,9-11,13-14H,2,8,12H2,1H3,(H,24,29)(H,25,26)(H,27,28). The summed E-state index contributed by atoms with van der Waals surface area (Å²) in [6.07, 6.45) is 0.242. The maximum absolute atomic E-state index is 12.3. The molecule has 0 fully saturated rings. The van der Waals surface area contributed by atoms with Crippen LogP contribution in [-0.2, 0) is 16.0 Å². The van der Waals surface area contributed by atoms with Gasteiger partial charge in [0.2, 0.25) is 5.91 Å². The maximum atomic E-state index is 12.3. The molecule has 0 radical (unpaired) electrons. The molecule has 0 unspecified atom stereocenters. The summed E-state index contributed by atoms with van der Waals surface area (Å²) in [6.45, 7) is 2.05. The number of ether oxygens (including phenoxy) is 1. The van der Waals surface area contributed by atoms with Crippen LogP contribution in [0.15, 0.2) is 60.7 Å². The first kappa shape index (κ1) is 20.9. The minimum atomic E-state index is -1.09. The second-order valence-corrected chi connectivity index (χ2v) is 6.64. The third kappa shape index (κ3) is 5.35. The van der Waals surface area contributed by atoms with Crippen molar-refractivity contribution in [2.24, 2.45) is 0 Å². The van der Waals surface area contributed by atoms with Gasteiger partial charge in [-0.25, -0.2) is 9.59 Å². The lowest BCUT2D eigenvalue weighted by atomic mass is 10.0. The van der Waals surface area contributed by atoms with Crippen LogP contribution in [0, 0.1) is 0 Å². The molecule has 2 amide bonds. The Hall–Kier alpha value is -3.87. The van der Waals surface area contributed by atoms with Crippen molar-refractivity contribution in [2.45, 2.75) is 19.8 Å². The zero-order valence-electron chi connectivity index (χ0n) is 16.5. The van der Waals surface area contributed by atoms with Gasteiger partial charge in [-0.05, 0) is 53.9 Å². The Labute approximate surface area is 173 Å². The lowest BCUT2D eigenvalue weighted by Gasteiger charge is -2.09. The zero-order chi connectivity index (χ0) is 21.5. The number of aromatic carboxylic acids is 1. The van der Waals surface area contributed by atoms with Gasteiger partial charge in [0.1, 0.15) is 0 Å². The van der Waals surface area contributed by atoms with Gasteiger partial charge in [0, 0.05) is 12.1 Å². The molecule has 0 bridgehead atoms. The first-order valence-electron chi connectivity index (χ1n) is 9.55. The van der Waals surface area contributed by atoms with E-state index in [0.29, 0.717) is 18.7 Å². The highest BCUT2D eigenvalue weighted by molar-refractivity contribution is 6.00. The largest absolute Gasteiger partial charge is 0.478 e. The Kier molecular flexibility index (Phi) is 6.64. The van der Waals surface area contributed by atoms with E-state index in [1.165, 1.54) is 6.07 Å². The first-order valence-corrected chi connectivity index (χ1v) is 9.55. The number of hydrogen-bond donors (Lipinski definition) is 3. The Balaban J connectivity index is 1.63. The molecule has 0 heterocycles. The number of carboxylic acid groups (broad SMARTS) is 1. The van der Waals surface area contributed by atoms with Crippen molar-refractivity contribution in [2.75, 3.05) is 17.2 Å². The normalized spacial score (nSPS) is 10.4. The number of amides is 2. The van der Waals surface area contributed by atoms with Crippen LogP contribution < -0.4 is 10.6 Å². The van der Waals surface area contributed by atoms with Crippen molar-refractivity contribution in [1.29, 1.82) is 0 Å². The number of aryl methyl sites for hydroxylation is 1. The van der Waals surface area contributed by atoms with Crippen molar-refractivity contribution < 1.29 is 24.2 Å². The zero-order valence-corrected chi connectivity index (χ0v) is 16.5. The van der Waals surface area contributed by atoms with Gasteiger partial charge in [0.15, 0.2) is 0 Å². The number of anilines is 2. The average Bonchev–Trinajstić information content (AvgIpc) is 2.72. The van der Waals surface area contributed by atoms with Gasteiger partial charge in [0.05, 0.1) is 17.9 Å². The number of nitrogens with one attached hydrogen (secondary N) is 2. The number of carbonyl (C=O) groups excluding carboxylic acids is 2. The number of benzene rings is 3. The van der Waals surface area contributed by atoms with Crippen LogP contribution in [0.5, 0.6) is 0 Å². The molecule has 3 rings (SSSR count). The number of rotatable bonds is 7. The lowest BCUT2D eigenvalue weighted by molar-refractivity contribution is -0.116. The molecule has 0 aromatic heterocycles. The second-order valence-electron chi connectivity index (χ2n) is 6.64. The van der Waals surface area contributed by atoms with E-state index >= 15 is 0 Å². The average molecular weight is 406 g/mol. The summed E-state index contributed by atoms with van der Waals surface area (Å²) in [4.78, 5) is 35.0. The van der Waals surface area contributed by atoms with Crippen LogP contribution in [0.1, 0.15) is 29.3 Å². The summed E-state index contributed by atoms with van der Waals surface area (Å²) < 4.78 is 4.87. The van der Waals surface area contributed by atoms with Gasteiger partial charge in [-0.1, -0.05) is 36.4 Å². The molecule has 0 saturated heterocycles. The summed E-state index contributed by atoms with van der Waals surface area (Å²) in [5.74, 6) is -1.34. The Morgan fingerprint density at radius 2 is 1.67 bits per heavy atom. The van der Waals surface area contributed by atoms with E-state index in [4.69, 9.17) is 4.74 Å². The maximum Gasteiger partial charge on any atom is 0.411 e. The minimum Gasteiger partial charge on any atom is -0.478 e. The van der Waals surface area contributed by atoms with Gasteiger partial charge in [-0.2, -0.15) is 0 Å². The van der Waals surface area contributed by atoms with Gasteiger partial charge < -0.3 is 15.2 Å². The van der Waals surface area contributed by atoms with Crippen LogP contribution in [-0.4, -0.2) is 29.7 Å². The van der Waals surface area contributed by atoms with Crippen molar-refractivity contribution >= 4 is 40.1 Å². The van der Waals surface area contributed by atoms with Gasteiger partial charge in [-0.15, -0.1) is 0 Å². The van der Waals surface area contributed by atoms with E-state index in [0.717, 1.165) is 16.3 Å². The summed E-state index contributed by atoms with van der Waals surface area (Å²) in [5.41, 5.74) is 1.97. The molecule has 7 nitrogen and oxygen atoms in total. The molecular formula is C23H22N2O5. The molecule has 0 saturated carbocycles. The molecule has 3 N–H and O–H groups in total. The molecule has 3 aromatic carbocycles. The number of carbonyl (C=O) groups is 3. The highest BCUT2D eigenvalue weighted by Crippen LogP contribution is 2.22. The van der Waals surface area contributed by atoms with E-state index in [1.807, 2.05) is 30.3 Å². The highest BCUT2D eigenvalue weighted by atomic mass is 16.5. The number of para-hydroxylation sites is 1. The van der Waals surface area contributed by atoms with Gasteiger partial charge in [-0.3, -0.25) is 10.1 Å². The summed E-state index contributed by atoms with van der Waals surface area (Å²) >= 11 is 0. The number of carboxylic acids is 1. The third-order valence-electron chi connectivity index (χ3n) is 4.50. The SMILES string of the molecule is CCOC(=O)Nc1ccc2cc(CCC(=O)Nc3ccccc3C(=O)O)ccc2c1. The number of fused-ring (bicyclic) bond motifs is 1. The fourth-order valence-electron chi connectivity index (χ4n) is 3.06. The molecule has 0 spiro atoms. The van der Waals surface area contributed by atoms with Crippen LogP contribution >= 0.6 is 0 Å².